The molecule has 1 fully saturated rings. The summed E-state index contributed by atoms with van der Waals surface area (Å²) >= 11 is 0. The fourth-order valence-electron chi connectivity index (χ4n) is 1.98. The summed E-state index contributed by atoms with van der Waals surface area (Å²) in [5, 5.41) is 0. The van der Waals surface area contributed by atoms with E-state index in [9.17, 15) is 74.6 Å². The van der Waals surface area contributed by atoms with E-state index in [2.05, 4.69) is 0 Å². The van der Waals surface area contributed by atoms with Crippen LogP contribution in [0.2, 0.25) is 0 Å². The van der Waals surface area contributed by atoms with Crippen LogP contribution >= 0.6 is 0 Å². The van der Waals surface area contributed by atoms with E-state index in [-0.39, 0.29) is 0 Å². The van der Waals surface area contributed by atoms with Crippen LogP contribution in [0.25, 0.3) is 0 Å². The molecule has 0 heterocycles. The summed E-state index contributed by atoms with van der Waals surface area (Å²) in [6.07, 6.45) is -6.03. The number of hydrogen-bond acceptors (Lipinski definition) is 0. The molecule has 0 atom stereocenters. The lowest BCUT2D eigenvalue weighted by molar-refractivity contribution is -0.517. The van der Waals surface area contributed by atoms with Gasteiger partial charge in [-0.3, -0.25) is 0 Å². The van der Waals surface area contributed by atoms with E-state index in [4.69, 9.17) is 0 Å². The summed E-state index contributed by atoms with van der Waals surface area (Å²) in [5.41, 5.74) is -8.55. The maximum Gasteiger partial charge on any atom is 0.384 e. The van der Waals surface area contributed by atoms with Crippen LogP contribution in [0.15, 0.2) is 0 Å². The minimum Gasteiger partial charge on any atom is -0.223 e. The van der Waals surface area contributed by atoms with Crippen molar-refractivity contribution in [3.05, 3.63) is 0 Å². The van der Waals surface area contributed by atoms with Crippen LogP contribution in [0.4, 0.5) is 74.6 Å². The van der Waals surface area contributed by atoms with Crippen LogP contribution in [0.5, 0.6) is 0 Å². The molecule has 1 saturated carbocycles. The third kappa shape index (κ3) is 1.84. The van der Waals surface area contributed by atoms with Gasteiger partial charge in [0.05, 0.1) is 0 Å². The lowest BCUT2D eigenvalue weighted by atomic mass is 9.68. The molecule has 0 unspecified atom stereocenters. The van der Waals surface area contributed by atoms with Crippen molar-refractivity contribution in [3.63, 3.8) is 0 Å². The predicted molar refractivity (Wildman–Crippen MR) is 44.5 cm³/mol. The van der Waals surface area contributed by atoms with E-state index in [0.717, 1.165) is 0 Å². The first-order chi connectivity index (χ1) is 10.9. The Labute approximate surface area is 129 Å². The Kier molecular flexibility index (Phi) is 4.39. The van der Waals surface area contributed by atoms with E-state index >= 15 is 0 Å². The zero-order valence-corrected chi connectivity index (χ0v) is 11.0. The molecule has 0 aromatic rings. The number of hydrogen-bond donors (Lipinski definition) is 0. The van der Waals surface area contributed by atoms with Crippen LogP contribution in [0.3, 0.4) is 0 Å². The number of halogens is 17. The molecule has 0 aromatic heterocycles. The van der Waals surface area contributed by atoms with Gasteiger partial charge in [-0.25, -0.2) is 13.2 Å². The second-order valence-electron chi connectivity index (χ2n) is 5.03. The van der Waals surface area contributed by atoms with Crippen molar-refractivity contribution >= 4 is 0 Å². The fourth-order valence-corrected chi connectivity index (χ4v) is 1.98. The predicted octanol–water partition coefficient (Wildman–Crippen LogP) is 5.42. The molecule has 17 heteroatoms. The zero-order valence-electron chi connectivity index (χ0n) is 11.0. The molecule has 1 aliphatic rings. The van der Waals surface area contributed by atoms with Gasteiger partial charge >= 0.3 is 53.6 Å². The molecule has 0 radical (unpaired) electrons. The highest BCUT2D eigenvalue weighted by Gasteiger charge is 3.07. The van der Waals surface area contributed by atoms with Crippen molar-refractivity contribution in [2.75, 3.05) is 0 Å². The fraction of sp³-hybridized carbons (Fsp3) is 1.00. The van der Waals surface area contributed by atoms with Crippen molar-refractivity contribution in [1.82, 2.24) is 0 Å². The van der Waals surface area contributed by atoms with Crippen LogP contribution in [-0.4, -0.2) is 53.6 Å². The van der Waals surface area contributed by atoms with Crippen LogP contribution in [-0.2, 0) is 0 Å². The standard InChI is InChI=1S/C9HF17/c10-1(11)2(12,13)4(15,16)3(14)5(17,18)7(21,22)9(25,26)8(23,24)6(3,19)20/h1H. The van der Waals surface area contributed by atoms with Gasteiger partial charge in [0.15, 0.2) is 0 Å². The first-order valence-corrected chi connectivity index (χ1v) is 5.56. The molecule has 0 bridgehead atoms. The van der Waals surface area contributed by atoms with Crippen LogP contribution in [0, 0.1) is 0 Å². The second-order valence-corrected chi connectivity index (χ2v) is 5.03. The molecule has 0 spiro atoms. The lowest BCUT2D eigenvalue weighted by Gasteiger charge is -2.54. The molecule has 1 aliphatic carbocycles. The van der Waals surface area contributed by atoms with Crippen molar-refractivity contribution in [3.8, 4) is 0 Å². The van der Waals surface area contributed by atoms with Crippen LogP contribution in [0.1, 0.15) is 0 Å². The van der Waals surface area contributed by atoms with E-state index < -0.39 is 53.6 Å². The van der Waals surface area contributed by atoms with Crippen LogP contribution < -0.4 is 0 Å². The molecular weight excluding hydrogens is 431 g/mol. The molecule has 0 amide bonds. The minimum atomic E-state index is -8.55. The van der Waals surface area contributed by atoms with E-state index in [1.54, 1.807) is 0 Å². The van der Waals surface area contributed by atoms with Crippen molar-refractivity contribution < 1.29 is 74.6 Å². The van der Waals surface area contributed by atoms with E-state index in [1.807, 2.05) is 0 Å². The summed E-state index contributed by atoms with van der Waals surface area (Å²) in [7, 11) is 0. The Bertz CT molecular complexity index is 527. The highest BCUT2D eigenvalue weighted by atomic mass is 19.4. The zero-order chi connectivity index (χ0) is 21.6. The van der Waals surface area contributed by atoms with Crippen molar-refractivity contribution in [1.29, 1.82) is 0 Å². The highest BCUT2D eigenvalue weighted by molar-refractivity contribution is 5.31. The summed E-state index contributed by atoms with van der Waals surface area (Å²) in [6.45, 7) is 0. The Morgan fingerprint density at radius 1 is 0.462 bits per heavy atom. The topological polar surface area (TPSA) is 0 Å². The Morgan fingerprint density at radius 2 is 0.692 bits per heavy atom. The van der Waals surface area contributed by atoms with Gasteiger partial charge in [0.1, 0.15) is 0 Å². The van der Waals surface area contributed by atoms with Gasteiger partial charge in [-0.2, -0.15) is 61.5 Å². The quantitative estimate of drug-likeness (QED) is 0.523. The Hall–Kier alpha value is -1.19. The molecule has 0 saturated heterocycles. The first kappa shape index (κ1) is 22.9. The maximum absolute atomic E-state index is 13.7. The highest BCUT2D eigenvalue weighted by Crippen LogP contribution is 2.73. The molecule has 156 valence electrons. The van der Waals surface area contributed by atoms with Gasteiger partial charge < -0.3 is 0 Å². The molecular formula is C9HF17. The average Bonchev–Trinajstić information content (AvgIpc) is 2.43. The summed E-state index contributed by atoms with van der Waals surface area (Å²) < 4.78 is 219. The molecule has 0 aromatic carbocycles. The minimum absolute atomic E-state index is 6.03. The molecule has 0 nitrogen and oxygen atoms in total. The summed E-state index contributed by atoms with van der Waals surface area (Å²) in [4.78, 5) is 0. The normalized spacial score (nSPS) is 28.8. The Morgan fingerprint density at radius 3 is 0.923 bits per heavy atom. The van der Waals surface area contributed by atoms with E-state index in [0.29, 0.717) is 0 Å². The van der Waals surface area contributed by atoms with E-state index in [1.165, 1.54) is 0 Å². The molecule has 0 N–H and O–H groups in total. The molecule has 0 aliphatic heterocycles. The lowest BCUT2D eigenvalue weighted by Crippen LogP contribution is -2.89. The average molecular weight is 432 g/mol. The van der Waals surface area contributed by atoms with Gasteiger partial charge in [-0.15, -0.1) is 0 Å². The summed E-state index contributed by atoms with van der Waals surface area (Å²) in [6, 6.07) is 0. The largest absolute Gasteiger partial charge is 0.384 e. The van der Waals surface area contributed by atoms with Gasteiger partial charge in [0.25, 0.3) is 0 Å². The maximum atomic E-state index is 13.7. The first-order valence-electron chi connectivity index (χ1n) is 5.56. The summed E-state index contributed by atoms with van der Waals surface area (Å²) in [5.74, 6) is -57.0. The number of rotatable bonds is 3. The third-order valence-electron chi connectivity index (χ3n) is 3.57. The smallest absolute Gasteiger partial charge is 0.223 e. The second kappa shape index (κ2) is 4.99. The van der Waals surface area contributed by atoms with Gasteiger partial charge in [-0.05, 0) is 0 Å². The van der Waals surface area contributed by atoms with Gasteiger partial charge in [0, 0.05) is 0 Å². The number of alkyl halides is 17. The van der Waals surface area contributed by atoms with Crippen molar-refractivity contribution in [2.45, 2.75) is 53.6 Å². The monoisotopic (exact) mass is 432 g/mol. The Balaban J connectivity index is 4.06. The SMILES string of the molecule is FC(F)C(F)(F)C(F)(F)C1(F)C(F)(F)C(F)(F)C(F)(F)C(F)(F)C1(F)F. The molecule has 26 heavy (non-hydrogen) atoms. The van der Waals surface area contributed by atoms with Gasteiger partial charge in [0.2, 0.25) is 0 Å². The third-order valence-corrected chi connectivity index (χ3v) is 3.57. The molecule has 1 rings (SSSR count). The van der Waals surface area contributed by atoms with Crippen molar-refractivity contribution in [2.24, 2.45) is 0 Å². The van der Waals surface area contributed by atoms with Gasteiger partial charge in [-0.1, -0.05) is 0 Å².